The summed E-state index contributed by atoms with van der Waals surface area (Å²) < 4.78 is 15.2. The molecule has 0 saturated carbocycles. The van der Waals surface area contributed by atoms with E-state index < -0.39 is 5.97 Å². The number of carboxylic acids is 1. The molecule has 0 bridgehead atoms. The van der Waals surface area contributed by atoms with Gasteiger partial charge in [-0.2, -0.15) is 0 Å². The van der Waals surface area contributed by atoms with Crippen LogP contribution < -0.4 is 0 Å². The van der Waals surface area contributed by atoms with E-state index in [1.807, 2.05) is 30.3 Å². The number of rotatable bonds is 6. The number of nitrogens with one attached hydrogen (secondary N) is 1. The molecule has 8 heteroatoms. The number of aromatic nitrogens is 1. The predicted octanol–water partition coefficient (Wildman–Crippen LogP) is 6.12. The second-order valence-electron chi connectivity index (χ2n) is 8.11. The molecule has 1 saturated heterocycles. The first kappa shape index (κ1) is 23.0. The predicted molar refractivity (Wildman–Crippen MR) is 141 cm³/mol. The summed E-state index contributed by atoms with van der Waals surface area (Å²) in [5, 5.41) is 9.84. The second-order valence-corrected chi connectivity index (χ2v) is 9.78. The third kappa shape index (κ3) is 4.76. The fraction of sp³-hybridized carbons (Fsp3) is 0.0741. The zero-order chi connectivity index (χ0) is 24.5. The van der Waals surface area contributed by atoms with E-state index in [1.165, 1.54) is 17.8 Å². The summed E-state index contributed by atoms with van der Waals surface area (Å²) in [6.07, 6.45) is 4.10. The van der Waals surface area contributed by atoms with Crippen molar-refractivity contribution in [2.45, 2.75) is 6.42 Å². The Morgan fingerprint density at radius 3 is 2.69 bits per heavy atom. The number of benzene rings is 3. The highest BCUT2D eigenvalue weighted by Crippen LogP contribution is 2.34. The number of thioether (sulfide) groups is 1. The van der Waals surface area contributed by atoms with Crippen LogP contribution in [0.3, 0.4) is 0 Å². The highest BCUT2D eigenvalue weighted by molar-refractivity contribution is 8.26. The van der Waals surface area contributed by atoms with Crippen molar-refractivity contribution >= 4 is 57.2 Å². The fourth-order valence-electron chi connectivity index (χ4n) is 3.99. The summed E-state index contributed by atoms with van der Waals surface area (Å²) in [4.78, 5) is 29.2. The molecule has 0 spiro atoms. The van der Waals surface area contributed by atoms with E-state index in [0.717, 1.165) is 22.0 Å². The molecule has 1 aliphatic heterocycles. The molecule has 2 heterocycles. The summed E-state index contributed by atoms with van der Waals surface area (Å²) in [6.45, 7) is 0.399. The Hall–Kier alpha value is -3.75. The average Bonchev–Trinajstić information content (AvgIpc) is 3.40. The van der Waals surface area contributed by atoms with E-state index in [0.29, 0.717) is 33.3 Å². The summed E-state index contributed by atoms with van der Waals surface area (Å²) in [7, 11) is 0. The van der Waals surface area contributed by atoms with Gasteiger partial charge in [-0.3, -0.25) is 9.69 Å². The van der Waals surface area contributed by atoms with Gasteiger partial charge in [-0.25, -0.2) is 9.18 Å². The Bertz CT molecular complexity index is 1510. The number of hydrogen-bond donors (Lipinski definition) is 2. The molecule has 1 amide bonds. The SMILES string of the molecule is O=C(O)c1ccc(CCN2C(=O)/C(=C/c3cccc(-c4cc5[nH]ccc5cc4F)c3)SC2=S)cc1. The van der Waals surface area contributed by atoms with Crippen LogP contribution in [-0.2, 0) is 11.2 Å². The number of halogens is 1. The van der Waals surface area contributed by atoms with Gasteiger partial charge in [0.15, 0.2) is 0 Å². The first-order valence-corrected chi connectivity index (χ1v) is 12.1. The lowest BCUT2D eigenvalue weighted by Gasteiger charge is -2.14. The topological polar surface area (TPSA) is 73.4 Å². The summed E-state index contributed by atoms with van der Waals surface area (Å²) >= 11 is 6.67. The van der Waals surface area contributed by atoms with Crippen molar-refractivity contribution in [1.82, 2.24) is 9.88 Å². The maximum absolute atomic E-state index is 14.7. The zero-order valence-electron chi connectivity index (χ0n) is 18.3. The molecule has 3 aromatic carbocycles. The number of carbonyl (C=O) groups excluding carboxylic acids is 1. The fourth-order valence-corrected chi connectivity index (χ4v) is 5.30. The van der Waals surface area contributed by atoms with Crippen LogP contribution >= 0.6 is 24.0 Å². The van der Waals surface area contributed by atoms with Gasteiger partial charge in [-0.05, 0) is 65.6 Å². The van der Waals surface area contributed by atoms with Gasteiger partial charge in [0.05, 0.1) is 10.5 Å². The van der Waals surface area contributed by atoms with Crippen LogP contribution in [0, 0.1) is 5.82 Å². The Kier molecular flexibility index (Phi) is 6.23. The minimum Gasteiger partial charge on any atom is -0.478 e. The zero-order valence-corrected chi connectivity index (χ0v) is 20.0. The quantitative estimate of drug-likeness (QED) is 0.246. The minimum atomic E-state index is -0.977. The molecule has 174 valence electrons. The van der Waals surface area contributed by atoms with Gasteiger partial charge in [0, 0.05) is 29.2 Å². The van der Waals surface area contributed by atoms with Crippen molar-refractivity contribution in [1.29, 1.82) is 0 Å². The summed E-state index contributed by atoms with van der Waals surface area (Å²) in [6, 6.07) is 19.1. The van der Waals surface area contributed by atoms with Gasteiger partial charge in [0.25, 0.3) is 5.91 Å². The van der Waals surface area contributed by atoms with Gasteiger partial charge >= 0.3 is 5.97 Å². The molecule has 1 aromatic heterocycles. The van der Waals surface area contributed by atoms with E-state index in [1.54, 1.807) is 47.5 Å². The number of nitrogens with zero attached hydrogens (tertiary/aromatic N) is 1. The highest BCUT2D eigenvalue weighted by Gasteiger charge is 2.31. The van der Waals surface area contributed by atoms with Gasteiger partial charge < -0.3 is 10.1 Å². The molecule has 1 fully saturated rings. The van der Waals surface area contributed by atoms with E-state index in [-0.39, 0.29) is 17.3 Å². The molecule has 0 unspecified atom stereocenters. The van der Waals surface area contributed by atoms with Gasteiger partial charge in [0.1, 0.15) is 10.1 Å². The van der Waals surface area contributed by atoms with Crippen molar-refractivity contribution in [3.8, 4) is 11.1 Å². The first-order valence-electron chi connectivity index (χ1n) is 10.8. The number of fused-ring (bicyclic) bond motifs is 1. The summed E-state index contributed by atoms with van der Waals surface area (Å²) in [5.41, 5.74) is 3.97. The lowest BCUT2D eigenvalue weighted by atomic mass is 10.0. The molecule has 0 atom stereocenters. The maximum Gasteiger partial charge on any atom is 0.335 e. The van der Waals surface area contributed by atoms with Crippen molar-refractivity contribution in [3.05, 3.63) is 100 Å². The second kappa shape index (κ2) is 9.48. The van der Waals surface area contributed by atoms with E-state index in [2.05, 4.69) is 4.98 Å². The Morgan fingerprint density at radius 2 is 1.91 bits per heavy atom. The minimum absolute atomic E-state index is 0.174. The summed E-state index contributed by atoms with van der Waals surface area (Å²) in [5.74, 6) is -1.46. The third-order valence-electron chi connectivity index (χ3n) is 5.83. The van der Waals surface area contributed by atoms with E-state index in [9.17, 15) is 14.0 Å². The molecule has 0 radical (unpaired) electrons. The molecule has 5 rings (SSSR count). The third-order valence-corrected chi connectivity index (χ3v) is 7.21. The molecule has 2 N–H and O–H groups in total. The average molecular weight is 503 g/mol. The smallest absolute Gasteiger partial charge is 0.335 e. The molecule has 1 aliphatic rings. The van der Waals surface area contributed by atoms with Crippen LogP contribution in [0.25, 0.3) is 28.1 Å². The first-order chi connectivity index (χ1) is 16.9. The van der Waals surface area contributed by atoms with Crippen LogP contribution in [0.4, 0.5) is 4.39 Å². The van der Waals surface area contributed by atoms with Gasteiger partial charge in [-0.15, -0.1) is 0 Å². The molecule has 0 aliphatic carbocycles. The van der Waals surface area contributed by atoms with Crippen LogP contribution in [0.15, 0.2) is 77.8 Å². The van der Waals surface area contributed by atoms with Gasteiger partial charge in [0.2, 0.25) is 0 Å². The number of aromatic carboxylic acids is 1. The monoisotopic (exact) mass is 502 g/mol. The number of carbonyl (C=O) groups is 2. The van der Waals surface area contributed by atoms with Crippen LogP contribution in [-0.4, -0.2) is 37.7 Å². The van der Waals surface area contributed by atoms with Crippen molar-refractivity contribution in [3.63, 3.8) is 0 Å². The lowest BCUT2D eigenvalue weighted by molar-refractivity contribution is -0.122. The van der Waals surface area contributed by atoms with Crippen molar-refractivity contribution < 1.29 is 19.1 Å². The largest absolute Gasteiger partial charge is 0.478 e. The molecular weight excluding hydrogens is 483 g/mol. The molecular formula is C27H19FN2O3S2. The highest BCUT2D eigenvalue weighted by atomic mass is 32.2. The van der Waals surface area contributed by atoms with Crippen LogP contribution in [0.2, 0.25) is 0 Å². The van der Waals surface area contributed by atoms with Crippen molar-refractivity contribution in [2.75, 3.05) is 6.54 Å². The molecule has 4 aromatic rings. The number of hydrogen-bond acceptors (Lipinski definition) is 4. The number of carboxylic acid groups (broad SMARTS) is 1. The Labute approximate surface area is 210 Å². The van der Waals surface area contributed by atoms with Crippen LogP contribution in [0.5, 0.6) is 0 Å². The van der Waals surface area contributed by atoms with Crippen molar-refractivity contribution in [2.24, 2.45) is 0 Å². The standard InChI is InChI=1S/C27H19FN2O3S2/c28-22-14-20-8-10-29-23(20)15-21(22)19-3-1-2-17(12-19)13-24-25(31)30(27(34)35-24)11-9-16-4-6-18(7-5-16)26(32)33/h1-8,10,12-15,29H,9,11H2,(H,32,33)/b24-13-. The molecule has 35 heavy (non-hydrogen) atoms. The van der Waals surface area contributed by atoms with Gasteiger partial charge in [-0.1, -0.05) is 54.3 Å². The number of H-pyrrole nitrogens is 1. The normalized spacial score (nSPS) is 14.9. The number of aromatic amines is 1. The number of thiocarbonyl (C=S) groups is 1. The maximum atomic E-state index is 14.7. The van der Waals surface area contributed by atoms with E-state index in [4.69, 9.17) is 17.3 Å². The lowest BCUT2D eigenvalue weighted by Crippen LogP contribution is -2.30. The Balaban J connectivity index is 1.33. The molecule has 5 nitrogen and oxygen atoms in total. The number of amides is 1. The van der Waals surface area contributed by atoms with Crippen LogP contribution in [0.1, 0.15) is 21.5 Å². The van der Waals surface area contributed by atoms with E-state index >= 15 is 0 Å². The Morgan fingerprint density at radius 1 is 1.11 bits per heavy atom.